The van der Waals surface area contributed by atoms with E-state index in [0.29, 0.717) is 6.42 Å². The molecule has 0 aliphatic heterocycles. The van der Waals surface area contributed by atoms with Gasteiger partial charge in [0, 0.05) is 29.8 Å². The Morgan fingerprint density at radius 1 is 1.14 bits per heavy atom. The number of hydrogen-bond donors (Lipinski definition) is 1. The summed E-state index contributed by atoms with van der Waals surface area (Å²) in [4.78, 5) is 11.9. The van der Waals surface area contributed by atoms with Crippen molar-refractivity contribution < 1.29 is 9.21 Å². The van der Waals surface area contributed by atoms with Crippen LogP contribution in [0.2, 0.25) is 0 Å². The Hall–Kier alpha value is -2.29. The number of rotatable bonds is 3. The van der Waals surface area contributed by atoms with Crippen molar-refractivity contribution in [3.05, 3.63) is 65.3 Å². The van der Waals surface area contributed by atoms with Crippen molar-refractivity contribution in [1.82, 2.24) is 0 Å². The minimum absolute atomic E-state index is 0.130. The first-order chi connectivity index (χ1) is 10.1. The number of hydrogen-bond acceptors (Lipinski definition) is 3. The van der Waals surface area contributed by atoms with E-state index in [1.807, 2.05) is 12.1 Å². The molecule has 0 spiro atoms. The van der Waals surface area contributed by atoms with Gasteiger partial charge in [0.2, 0.25) is 0 Å². The predicted octanol–water partition coefficient (Wildman–Crippen LogP) is 4.34. The summed E-state index contributed by atoms with van der Waals surface area (Å²) in [6.07, 6.45) is 4.70. The van der Waals surface area contributed by atoms with Gasteiger partial charge in [0.25, 0.3) is 0 Å². The van der Waals surface area contributed by atoms with Crippen molar-refractivity contribution in [2.24, 2.45) is 0 Å². The predicted molar refractivity (Wildman–Crippen MR) is 83.3 cm³/mol. The second-order valence-corrected chi connectivity index (χ2v) is 5.76. The molecule has 0 saturated heterocycles. The normalized spacial score (nSPS) is 18.5. The van der Waals surface area contributed by atoms with E-state index in [4.69, 9.17) is 4.42 Å². The SMILES string of the molecule is Cc1cc(C)cc(NC2=CC(=O)C[C@@H](c3ccco3)C2)c1. The van der Waals surface area contributed by atoms with Crippen LogP contribution < -0.4 is 5.32 Å². The summed E-state index contributed by atoms with van der Waals surface area (Å²) in [6, 6.07) is 10.1. The van der Waals surface area contributed by atoms with Gasteiger partial charge in [-0.3, -0.25) is 4.79 Å². The first-order valence-electron chi connectivity index (χ1n) is 7.22. The Kier molecular flexibility index (Phi) is 3.65. The summed E-state index contributed by atoms with van der Waals surface area (Å²) in [5.41, 5.74) is 4.41. The van der Waals surface area contributed by atoms with Gasteiger partial charge in [-0.15, -0.1) is 0 Å². The van der Waals surface area contributed by atoms with E-state index in [1.54, 1.807) is 12.3 Å². The third-order valence-electron chi connectivity index (χ3n) is 3.72. The minimum atomic E-state index is 0.130. The van der Waals surface area contributed by atoms with Crippen LogP contribution in [0.5, 0.6) is 0 Å². The van der Waals surface area contributed by atoms with Gasteiger partial charge in [-0.05, 0) is 55.7 Å². The summed E-state index contributed by atoms with van der Waals surface area (Å²) < 4.78 is 5.45. The molecular formula is C18H19NO2. The van der Waals surface area contributed by atoms with Gasteiger partial charge in [-0.25, -0.2) is 0 Å². The molecule has 0 bridgehead atoms. The smallest absolute Gasteiger partial charge is 0.158 e. The molecule has 1 aromatic carbocycles. The number of benzene rings is 1. The van der Waals surface area contributed by atoms with Gasteiger partial charge < -0.3 is 9.73 Å². The molecule has 0 radical (unpaired) electrons. The zero-order valence-electron chi connectivity index (χ0n) is 12.3. The maximum Gasteiger partial charge on any atom is 0.158 e. The highest BCUT2D eigenvalue weighted by atomic mass is 16.3. The van der Waals surface area contributed by atoms with Crippen LogP contribution in [0.15, 0.2) is 52.8 Å². The molecular weight excluding hydrogens is 262 g/mol. The molecule has 0 unspecified atom stereocenters. The van der Waals surface area contributed by atoms with E-state index in [1.165, 1.54) is 11.1 Å². The highest BCUT2D eigenvalue weighted by Gasteiger charge is 2.24. The molecule has 1 atom stereocenters. The number of carbonyl (C=O) groups excluding carboxylic acids is 1. The number of furan rings is 1. The molecule has 1 aromatic heterocycles. The number of nitrogens with one attached hydrogen (secondary N) is 1. The second kappa shape index (κ2) is 5.60. The summed E-state index contributed by atoms with van der Waals surface area (Å²) >= 11 is 0. The molecule has 0 amide bonds. The van der Waals surface area contributed by atoms with E-state index in [2.05, 4.69) is 37.4 Å². The van der Waals surface area contributed by atoms with Crippen molar-refractivity contribution in [2.75, 3.05) is 5.32 Å². The fourth-order valence-corrected chi connectivity index (χ4v) is 2.94. The summed E-state index contributed by atoms with van der Waals surface area (Å²) in [7, 11) is 0. The second-order valence-electron chi connectivity index (χ2n) is 5.76. The number of allylic oxidation sites excluding steroid dienone is 2. The highest BCUT2D eigenvalue weighted by molar-refractivity contribution is 5.92. The van der Waals surface area contributed by atoms with Gasteiger partial charge in [-0.1, -0.05) is 6.07 Å². The van der Waals surface area contributed by atoms with Crippen LogP contribution in [0.4, 0.5) is 5.69 Å². The Labute approximate surface area is 124 Å². The first kappa shape index (κ1) is 13.7. The van der Waals surface area contributed by atoms with Crippen LogP contribution in [-0.4, -0.2) is 5.78 Å². The zero-order valence-corrected chi connectivity index (χ0v) is 12.3. The fraction of sp³-hybridized carbons (Fsp3) is 0.278. The number of carbonyl (C=O) groups is 1. The topological polar surface area (TPSA) is 42.2 Å². The van der Waals surface area contributed by atoms with Crippen molar-refractivity contribution in [3.63, 3.8) is 0 Å². The average molecular weight is 281 g/mol. The van der Waals surface area contributed by atoms with Crippen LogP contribution in [0.25, 0.3) is 0 Å². The van der Waals surface area contributed by atoms with Crippen molar-refractivity contribution in [3.8, 4) is 0 Å². The molecule has 0 saturated carbocycles. The van der Waals surface area contributed by atoms with Gasteiger partial charge in [0.05, 0.1) is 6.26 Å². The Morgan fingerprint density at radius 3 is 2.57 bits per heavy atom. The molecule has 1 aliphatic carbocycles. The molecule has 1 N–H and O–H groups in total. The molecule has 1 heterocycles. The van der Waals surface area contributed by atoms with Crippen LogP contribution >= 0.6 is 0 Å². The van der Waals surface area contributed by atoms with Crippen LogP contribution in [0.1, 0.15) is 35.6 Å². The van der Waals surface area contributed by atoms with E-state index in [9.17, 15) is 4.79 Å². The number of anilines is 1. The standard InChI is InChI=1S/C18H19NO2/c1-12-6-13(2)8-15(7-12)19-16-9-14(10-17(20)11-16)18-4-3-5-21-18/h3-8,11,14,19H,9-10H2,1-2H3/t14-/m0/s1. The van der Waals surface area contributed by atoms with E-state index in [0.717, 1.165) is 23.6 Å². The Balaban J connectivity index is 1.80. The van der Waals surface area contributed by atoms with Crippen molar-refractivity contribution in [2.45, 2.75) is 32.6 Å². The Bertz CT molecular complexity index is 663. The van der Waals surface area contributed by atoms with Crippen LogP contribution in [0.3, 0.4) is 0 Å². The summed E-state index contributed by atoms with van der Waals surface area (Å²) in [6.45, 7) is 4.15. The first-order valence-corrected chi connectivity index (χ1v) is 7.22. The molecule has 3 rings (SSSR count). The summed E-state index contributed by atoms with van der Waals surface area (Å²) in [5.74, 6) is 1.16. The average Bonchev–Trinajstić information content (AvgIpc) is 2.90. The maximum atomic E-state index is 11.9. The van der Waals surface area contributed by atoms with Crippen LogP contribution in [0, 0.1) is 13.8 Å². The molecule has 2 aromatic rings. The third kappa shape index (κ3) is 3.24. The lowest BCUT2D eigenvalue weighted by atomic mass is 9.89. The lowest BCUT2D eigenvalue weighted by Crippen LogP contribution is -2.16. The van der Waals surface area contributed by atoms with Gasteiger partial charge in [0.15, 0.2) is 5.78 Å². The zero-order chi connectivity index (χ0) is 14.8. The van der Waals surface area contributed by atoms with Crippen molar-refractivity contribution >= 4 is 11.5 Å². The molecule has 1 aliphatic rings. The number of ketones is 1. The molecule has 108 valence electrons. The van der Waals surface area contributed by atoms with Crippen molar-refractivity contribution in [1.29, 1.82) is 0 Å². The van der Waals surface area contributed by atoms with Gasteiger partial charge in [0.1, 0.15) is 5.76 Å². The van der Waals surface area contributed by atoms with Gasteiger partial charge in [-0.2, -0.15) is 0 Å². The lowest BCUT2D eigenvalue weighted by molar-refractivity contribution is -0.115. The molecule has 3 nitrogen and oxygen atoms in total. The van der Waals surface area contributed by atoms with Crippen LogP contribution in [-0.2, 0) is 4.79 Å². The third-order valence-corrected chi connectivity index (χ3v) is 3.72. The largest absolute Gasteiger partial charge is 0.469 e. The molecule has 21 heavy (non-hydrogen) atoms. The fourth-order valence-electron chi connectivity index (χ4n) is 2.94. The van der Waals surface area contributed by atoms with Gasteiger partial charge >= 0.3 is 0 Å². The molecule has 0 fully saturated rings. The monoisotopic (exact) mass is 281 g/mol. The highest BCUT2D eigenvalue weighted by Crippen LogP contribution is 2.32. The quantitative estimate of drug-likeness (QED) is 0.910. The van der Waals surface area contributed by atoms with E-state index >= 15 is 0 Å². The van der Waals surface area contributed by atoms with E-state index in [-0.39, 0.29) is 11.7 Å². The number of aryl methyl sites for hydroxylation is 2. The lowest BCUT2D eigenvalue weighted by Gasteiger charge is -2.21. The Morgan fingerprint density at radius 2 is 1.90 bits per heavy atom. The molecule has 3 heteroatoms. The summed E-state index contributed by atoms with van der Waals surface area (Å²) in [5, 5.41) is 3.38. The minimum Gasteiger partial charge on any atom is -0.469 e. The maximum absolute atomic E-state index is 11.9. The van der Waals surface area contributed by atoms with E-state index < -0.39 is 0 Å².